The lowest BCUT2D eigenvalue weighted by atomic mass is 10.8. The molecule has 0 spiro atoms. The van der Waals surface area contributed by atoms with E-state index in [-0.39, 0.29) is 0 Å². The van der Waals surface area contributed by atoms with E-state index >= 15 is 0 Å². The summed E-state index contributed by atoms with van der Waals surface area (Å²) in [4.78, 5) is 21.9. The number of rotatable bonds is 1. The summed E-state index contributed by atoms with van der Waals surface area (Å²) in [7, 11) is 0. The fourth-order valence-corrected chi connectivity index (χ4v) is 0.0881. The molecule has 0 unspecified atom stereocenters. The summed E-state index contributed by atoms with van der Waals surface area (Å²) in [5, 5.41) is 15.4. The summed E-state index contributed by atoms with van der Waals surface area (Å²) >= 11 is 0. The molecule has 0 aliphatic heterocycles. The Morgan fingerprint density at radius 2 is 2.38 bits per heavy atom. The second-order valence-electron chi connectivity index (χ2n) is 0.714. The van der Waals surface area contributed by atoms with Crippen molar-refractivity contribution >= 4 is 5.97 Å². The first-order valence-corrected chi connectivity index (χ1v) is 1.43. The number of hydrogen-bond donors (Lipinski definition) is 0. The van der Waals surface area contributed by atoms with Crippen LogP contribution in [0.3, 0.4) is 0 Å². The normalized spacial score (nSPS) is 6.88. The van der Waals surface area contributed by atoms with E-state index in [0.717, 1.165) is 6.07 Å². The maximum Gasteiger partial charge on any atom is 0.403 e. The fraction of sp³-hybridized carbons (Fsp3) is 0. The number of nitrogens with zero attached hydrogens (tertiary/aromatic N) is 2. The molecule has 0 atom stereocenters. The van der Waals surface area contributed by atoms with Gasteiger partial charge in [0.1, 0.15) is 0 Å². The molecule has 0 aromatic carbocycles. The van der Waals surface area contributed by atoms with E-state index in [1.807, 2.05) is 0 Å². The third-order valence-corrected chi connectivity index (χ3v) is 0.249. The molecule has 0 aliphatic carbocycles. The van der Waals surface area contributed by atoms with Crippen molar-refractivity contribution in [2.24, 2.45) is 0 Å². The summed E-state index contributed by atoms with van der Waals surface area (Å²) in [6.07, 6.45) is 0. The van der Waals surface area contributed by atoms with E-state index < -0.39 is 11.1 Å². The molecule has 0 fully saturated rings. The van der Waals surface area contributed by atoms with E-state index in [2.05, 4.69) is 4.84 Å². The Morgan fingerprint density at radius 1 is 1.88 bits per heavy atom. The molecular formula is C2N2O4. The van der Waals surface area contributed by atoms with E-state index in [1.54, 1.807) is 0 Å². The van der Waals surface area contributed by atoms with Crippen LogP contribution in [0.5, 0.6) is 0 Å². The Kier molecular flexibility index (Phi) is 2.00. The molecule has 6 nitrogen and oxygen atoms in total. The van der Waals surface area contributed by atoms with Gasteiger partial charge in [-0.1, -0.05) is 0 Å². The van der Waals surface area contributed by atoms with Gasteiger partial charge in [-0.2, -0.15) is 5.26 Å². The molecule has 0 radical (unpaired) electrons. The zero-order valence-electron chi connectivity index (χ0n) is 3.53. The minimum Gasteiger partial charge on any atom is -0.250 e. The van der Waals surface area contributed by atoms with Gasteiger partial charge in [0.15, 0.2) is 6.07 Å². The zero-order chi connectivity index (χ0) is 6.57. The second-order valence-corrected chi connectivity index (χ2v) is 0.714. The Hall–Kier alpha value is -1.64. The van der Waals surface area contributed by atoms with Crippen LogP contribution in [0.2, 0.25) is 0 Å². The number of hydrogen-bond acceptors (Lipinski definition) is 5. The average molecular weight is 116 g/mol. The van der Waals surface area contributed by atoms with Gasteiger partial charge in [-0.15, -0.1) is 10.1 Å². The number of nitriles is 1. The van der Waals surface area contributed by atoms with Gasteiger partial charge in [-0.3, -0.25) is 4.79 Å². The van der Waals surface area contributed by atoms with E-state index in [4.69, 9.17) is 5.26 Å². The average Bonchev–Trinajstić information content (AvgIpc) is 1.65. The molecule has 8 heavy (non-hydrogen) atoms. The molecular weight excluding hydrogens is 116 g/mol. The van der Waals surface area contributed by atoms with E-state index in [1.165, 1.54) is 0 Å². The molecule has 0 rings (SSSR count). The van der Waals surface area contributed by atoms with Gasteiger partial charge in [0.25, 0.3) is 0 Å². The maximum atomic E-state index is 9.60. The molecule has 0 aliphatic rings. The first kappa shape index (κ1) is 6.36. The summed E-state index contributed by atoms with van der Waals surface area (Å²) in [6, 6.07) is 0.893. The third kappa shape index (κ3) is 2.59. The van der Waals surface area contributed by atoms with Crippen LogP contribution in [0, 0.1) is 21.4 Å². The number of carbonyl (C=O) groups is 1. The molecule has 0 aromatic rings. The van der Waals surface area contributed by atoms with E-state index in [9.17, 15) is 14.9 Å². The highest BCUT2D eigenvalue weighted by molar-refractivity contribution is 5.85. The van der Waals surface area contributed by atoms with Gasteiger partial charge in [0.05, 0.1) is 0 Å². The smallest absolute Gasteiger partial charge is 0.250 e. The minimum absolute atomic E-state index is 0.893. The highest BCUT2D eigenvalue weighted by atomic mass is 17.0. The molecule has 0 bridgehead atoms. The fourth-order valence-electron chi connectivity index (χ4n) is 0.0881. The van der Waals surface area contributed by atoms with Crippen LogP contribution >= 0.6 is 0 Å². The van der Waals surface area contributed by atoms with E-state index in [0.29, 0.717) is 0 Å². The van der Waals surface area contributed by atoms with Crippen LogP contribution in [-0.4, -0.2) is 11.1 Å². The standard InChI is InChI=1S/C2N2O4/c3-1-2(5)8-4(6)7. The summed E-state index contributed by atoms with van der Waals surface area (Å²) in [5.74, 6) is -1.52. The lowest BCUT2D eigenvalue weighted by Crippen LogP contribution is -2.06. The first-order valence-electron chi connectivity index (χ1n) is 1.43. The molecule has 6 heteroatoms. The molecule has 0 saturated carbocycles. The van der Waals surface area contributed by atoms with Crippen molar-refractivity contribution < 1.29 is 14.7 Å². The largest absolute Gasteiger partial charge is 0.403 e. The van der Waals surface area contributed by atoms with Crippen LogP contribution in [0.25, 0.3) is 0 Å². The highest BCUT2D eigenvalue weighted by Crippen LogP contribution is 1.72. The molecule has 42 valence electrons. The van der Waals surface area contributed by atoms with Crippen molar-refractivity contribution in [3.8, 4) is 6.07 Å². The predicted molar refractivity (Wildman–Crippen MR) is 18.7 cm³/mol. The van der Waals surface area contributed by atoms with Crippen LogP contribution in [-0.2, 0) is 9.63 Å². The summed E-state index contributed by atoms with van der Waals surface area (Å²) in [6.45, 7) is 0. The Balaban J connectivity index is 3.61. The first-order chi connectivity index (χ1) is 3.66. The molecule has 0 heterocycles. The Morgan fingerprint density at radius 3 is 2.50 bits per heavy atom. The van der Waals surface area contributed by atoms with Crippen molar-refractivity contribution in [2.75, 3.05) is 0 Å². The van der Waals surface area contributed by atoms with Gasteiger partial charge >= 0.3 is 11.1 Å². The van der Waals surface area contributed by atoms with Gasteiger partial charge < -0.3 is 0 Å². The van der Waals surface area contributed by atoms with Gasteiger partial charge in [-0.25, -0.2) is 4.84 Å². The summed E-state index contributed by atoms with van der Waals surface area (Å²) in [5.41, 5.74) is 0. The summed E-state index contributed by atoms with van der Waals surface area (Å²) < 4.78 is 0. The second kappa shape index (κ2) is 2.52. The zero-order valence-corrected chi connectivity index (χ0v) is 3.53. The van der Waals surface area contributed by atoms with Crippen molar-refractivity contribution in [2.45, 2.75) is 0 Å². The maximum absolute atomic E-state index is 9.60. The van der Waals surface area contributed by atoms with Gasteiger partial charge in [0.2, 0.25) is 0 Å². The van der Waals surface area contributed by atoms with Crippen molar-refractivity contribution in [3.05, 3.63) is 10.1 Å². The topological polar surface area (TPSA) is 93.2 Å². The van der Waals surface area contributed by atoms with Crippen molar-refractivity contribution in [3.63, 3.8) is 0 Å². The van der Waals surface area contributed by atoms with Gasteiger partial charge in [-0.05, 0) is 0 Å². The van der Waals surface area contributed by atoms with Gasteiger partial charge in [0, 0.05) is 0 Å². The van der Waals surface area contributed by atoms with Crippen molar-refractivity contribution in [1.29, 1.82) is 5.26 Å². The molecule has 0 aromatic heterocycles. The van der Waals surface area contributed by atoms with Crippen LogP contribution in [0.15, 0.2) is 0 Å². The van der Waals surface area contributed by atoms with Crippen LogP contribution in [0.1, 0.15) is 0 Å². The predicted octanol–water partition coefficient (Wildman–Crippen LogP) is -0.755. The Bertz CT molecular complexity index is 156. The SMILES string of the molecule is N#CC(=O)O[N+](=O)[O-]. The molecule has 0 saturated heterocycles. The molecule has 0 amide bonds. The highest BCUT2D eigenvalue weighted by Gasteiger charge is 2.02. The Labute approximate surface area is 43.4 Å². The minimum atomic E-state index is -1.52. The van der Waals surface area contributed by atoms with Crippen molar-refractivity contribution in [1.82, 2.24) is 0 Å². The quantitative estimate of drug-likeness (QED) is 0.255. The lowest BCUT2D eigenvalue weighted by Gasteiger charge is -1.80. The molecule has 0 N–H and O–H groups in total. The van der Waals surface area contributed by atoms with Crippen LogP contribution < -0.4 is 0 Å². The monoisotopic (exact) mass is 116 g/mol. The number of carbonyl (C=O) groups excluding carboxylic acids is 1. The third-order valence-electron chi connectivity index (χ3n) is 0.249. The van der Waals surface area contributed by atoms with Crippen LogP contribution in [0.4, 0.5) is 0 Å². The lowest BCUT2D eigenvalue weighted by molar-refractivity contribution is -0.728.